The summed E-state index contributed by atoms with van der Waals surface area (Å²) in [7, 11) is 0. The highest BCUT2D eigenvalue weighted by Gasteiger charge is 2.15. The van der Waals surface area contributed by atoms with Gasteiger partial charge in [-0.3, -0.25) is 4.68 Å². The second-order valence-electron chi connectivity index (χ2n) is 6.66. The van der Waals surface area contributed by atoms with E-state index in [0.29, 0.717) is 6.04 Å². The molecule has 118 valence electrons. The molecule has 1 saturated carbocycles. The summed E-state index contributed by atoms with van der Waals surface area (Å²) < 4.78 is 2.21. The molecule has 0 radical (unpaired) electrons. The fraction of sp³-hybridized carbons (Fsp3) is 0.824. The first-order valence-electron chi connectivity index (χ1n) is 8.89. The molecule has 1 aliphatic heterocycles. The first-order chi connectivity index (χ1) is 10.4. The van der Waals surface area contributed by atoms with Crippen LogP contribution < -0.4 is 5.32 Å². The van der Waals surface area contributed by atoms with Gasteiger partial charge in [-0.2, -0.15) is 5.10 Å². The van der Waals surface area contributed by atoms with Crippen molar-refractivity contribution in [1.82, 2.24) is 20.0 Å². The molecule has 3 rings (SSSR count). The van der Waals surface area contributed by atoms with Crippen LogP contribution in [0.5, 0.6) is 0 Å². The third-order valence-corrected chi connectivity index (χ3v) is 4.97. The van der Waals surface area contributed by atoms with E-state index in [9.17, 15) is 0 Å². The van der Waals surface area contributed by atoms with Crippen LogP contribution in [0.15, 0.2) is 12.3 Å². The van der Waals surface area contributed by atoms with E-state index < -0.39 is 0 Å². The largest absolute Gasteiger partial charge is 0.310 e. The van der Waals surface area contributed by atoms with Gasteiger partial charge in [0.2, 0.25) is 0 Å². The molecule has 1 aromatic rings. The second kappa shape index (κ2) is 7.95. The van der Waals surface area contributed by atoms with Crippen LogP contribution in [0.25, 0.3) is 0 Å². The van der Waals surface area contributed by atoms with Crippen LogP contribution in [-0.4, -0.2) is 40.9 Å². The van der Waals surface area contributed by atoms with E-state index in [-0.39, 0.29) is 0 Å². The van der Waals surface area contributed by atoms with Crippen molar-refractivity contribution in [2.75, 3.05) is 26.2 Å². The quantitative estimate of drug-likeness (QED) is 0.818. The van der Waals surface area contributed by atoms with Gasteiger partial charge in [0, 0.05) is 25.8 Å². The molecule has 0 atom stereocenters. The zero-order valence-electron chi connectivity index (χ0n) is 13.3. The zero-order chi connectivity index (χ0) is 14.3. The molecule has 0 bridgehead atoms. The number of rotatable bonds is 6. The van der Waals surface area contributed by atoms with Crippen molar-refractivity contribution in [3.8, 4) is 0 Å². The van der Waals surface area contributed by atoms with Gasteiger partial charge < -0.3 is 10.2 Å². The van der Waals surface area contributed by atoms with Crippen LogP contribution in [0.4, 0.5) is 0 Å². The number of hydrogen-bond acceptors (Lipinski definition) is 3. The topological polar surface area (TPSA) is 33.1 Å². The Morgan fingerprint density at radius 1 is 1.05 bits per heavy atom. The SMILES string of the molecule is c1cn(C2CCCCC2)nc1CNCCN1CCCCC1. The molecule has 0 spiro atoms. The number of nitrogens with one attached hydrogen (secondary N) is 1. The fourth-order valence-electron chi connectivity index (χ4n) is 3.66. The van der Waals surface area contributed by atoms with Gasteiger partial charge in [-0.1, -0.05) is 25.7 Å². The Labute approximate surface area is 128 Å². The molecular formula is C17H30N4. The minimum atomic E-state index is 0.654. The van der Waals surface area contributed by atoms with E-state index in [0.717, 1.165) is 13.1 Å². The summed E-state index contributed by atoms with van der Waals surface area (Å²) in [5.74, 6) is 0. The van der Waals surface area contributed by atoms with E-state index in [2.05, 4.69) is 27.2 Å². The molecule has 1 aliphatic carbocycles. The number of piperidine rings is 1. The molecule has 1 N–H and O–H groups in total. The lowest BCUT2D eigenvalue weighted by Crippen LogP contribution is -2.35. The van der Waals surface area contributed by atoms with E-state index in [4.69, 9.17) is 5.10 Å². The van der Waals surface area contributed by atoms with Gasteiger partial charge in [0.25, 0.3) is 0 Å². The number of nitrogens with zero attached hydrogens (tertiary/aromatic N) is 3. The number of likely N-dealkylation sites (tertiary alicyclic amines) is 1. The summed E-state index contributed by atoms with van der Waals surface area (Å²) in [6, 6.07) is 2.84. The summed E-state index contributed by atoms with van der Waals surface area (Å²) in [5.41, 5.74) is 1.19. The summed E-state index contributed by atoms with van der Waals surface area (Å²) in [6.07, 6.45) is 13.1. The lowest BCUT2D eigenvalue weighted by molar-refractivity contribution is 0.229. The minimum Gasteiger partial charge on any atom is -0.310 e. The Morgan fingerprint density at radius 3 is 2.62 bits per heavy atom. The van der Waals surface area contributed by atoms with Crippen molar-refractivity contribution < 1.29 is 0 Å². The molecule has 21 heavy (non-hydrogen) atoms. The van der Waals surface area contributed by atoms with Gasteiger partial charge in [0.05, 0.1) is 11.7 Å². The van der Waals surface area contributed by atoms with E-state index >= 15 is 0 Å². The molecule has 2 heterocycles. The maximum atomic E-state index is 4.76. The Morgan fingerprint density at radius 2 is 1.81 bits per heavy atom. The van der Waals surface area contributed by atoms with Gasteiger partial charge in [-0.25, -0.2) is 0 Å². The summed E-state index contributed by atoms with van der Waals surface area (Å²) in [4.78, 5) is 2.58. The number of aromatic nitrogens is 2. The smallest absolute Gasteiger partial charge is 0.0762 e. The van der Waals surface area contributed by atoms with Crippen molar-refractivity contribution in [2.45, 2.75) is 64.0 Å². The molecule has 1 aromatic heterocycles. The van der Waals surface area contributed by atoms with Gasteiger partial charge in [0.15, 0.2) is 0 Å². The van der Waals surface area contributed by atoms with Crippen molar-refractivity contribution in [2.24, 2.45) is 0 Å². The molecule has 0 aromatic carbocycles. The van der Waals surface area contributed by atoms with Crippen LogP contribution in [0.3, 0.4) is 0 Å². The van der Waals surface area contributed by atoms with Gasteiger partial charge in [0.1, 0.15) is 0 Å². The maximum absolute atomic E-state index is 4.76. The highest BCUT2D eigenvalue weighted by atomic mass is 15.3. The van der Waals surface area contributed by atoms with Crippen LogP contribution in [-0.2, 0) is 6.54 Å². The van der Waals surface area contributed by atoms with Gasteiger partial charge in [-0.05, 0) is 44.8 Å². The third kappa shape index (κ3) is 4.55. The fourth-order valence-corrected chi connectivity index (χ4v) is 3.66. The monoisotopic (exact) mass is 290 g/mol. The summed E-state index contributed by atoms with van der Waals surface area (Å²) >= 11 is 0. The van der Waals surface area contributed by atoms with Crippen molar-refractivity contribution in [3.05, 3.63) is 18.0 Å². The van der Waals surface area contributed by atoms with E-state index in [1.807, 2.05) is 0 Å². The maximum Gasteiger partial charge on any atom is 0.0762 e. The predicted octanol–water partition coefficient (Wildman–Crippen LogP) is 2.96. The minimum absolute atomic E-state index is 0.654. The molecule has 0 amide bonds. The van der Waals surface area contributed by atoms with E-state index in [1.54, 1.807) is 0 Å². The Kier molecular flexibility index (Phi) is 5.69. The Bertz CT molecular complexity index is 403. The Hall–Kier alpha value is -0.870. The summed E-state index contributed by atoms with van der Waals surface area (Å²) in [5, 5.41) is 8.31. The average molecular weight is 290 g/mol. The lowest BCUT2D eigenvalue weighted by atomic mass is 9.96. The van der Waals surface area contributed by atoms with Crippen molar-refractivity contribution in [3.63, 3.8) is 0 Å². The van der Waals surface area contributed by atoms with Crippen LogP contribution in [0.1, 0.15) is 63.1 Å². The van der Waals surface area contributed by atoms with Crippen LogP contribution in [0, 0.1) is 0 Å². The molecule has 0 unspecified atom stereocenters. The number of hydrogen-bond donors (Lipinski definition) is 1. The molecule has 4 heteroatoms. The van der Waals surface area contributed by atoms with Crippen molar-refractivity contribution >= 4 is 0 Å². The molecular weight excluding hydrogens is 260 g/mol. The first kappa shape index (κ1) is 15.0. The zero-order valence-corrected chi connectivity index (χ0v) is 13.3. The highest BCUT2D eigenvalue weighted by Crippen LogP contribution is 2.27. The second-order valence-corrected chi connectivity index (χ2v) is 6.66. The molecule has 2 aliphatic rings. The van der Waals surface area contributed by atoms with Gasteiger partial charge in [-0.15, -0.1) is 0 Å². The first-order valence-corrected chi connectivity index (χ1v) is 8.89. The summed E-state index contributed by atoms with van der Waals surface area (Å²) in [6.45, 7) is 5.75. The van der Waals surface area contributed by atoms with Crippen LogP contribution in [0.2, 0.25) is 0 Å². The molecule has 2 fully saturated rings. The average Bonchev–Trinajstić information content (AvgIpc) is 3.02. The normalized spacial score (nSPS) is 21.7. The third-order valence-electron chi connectivity index (χ3n) is 4.97. The van der Waals surface area contributed by atoms with E-state index in [1.165, 1.54) is 76.7 Å². The van der Waals surface area contributed by atoms with Gasteiger partial charge >= 0.3 is 0 Å². The van der Waals surface area contributed by atoms with Crippen molar-refractivity contribution in [1.29, 1.82) is 0 Å². The molecule has 1 saturated heterocycles. The van der Waals surface area contributed by atoms with Crippen LogP contribution >= 0.6 is 0 Å². The predicted molar refractivity (Wildman–Crippen MR) is 86.3 cm³/mol. The molecule has 4 nitrogen and oxygen atoms in total. The lowest BCUT2D eigenvalue weighted by Gasteiger charge is -2.26. The Balaban J connectivity index is 1.36. The standard InChI is InChI=1S/C17H30N4/c1-3-7-17(8-4-1)21-13-9-16(19-21)15-18-10-14-20-11-5-2-6-12-20/h9,13,17-18H,1-8,10-12,14-15H2. The highest BCUT2D eigenvalue weighted by molar-refractivity contribution is 4.99.